The number of ether oxygens (including phenoxy) is 1. The number of hydrogen-bond donors (Lipinski definition) is 1. The third-order valence-electron chi connectivity index (χ3n) is 3.77. The smallest absolute Gasteiger partial charge is 0.254 e. The monoisotopic (exact) mass is 335 g/mol. The van der Waals surface area contributed by atoms with Crippen LogP contribution in [0.1, 0.15) is 22.0 Å². The Morgan fingerprint density at radius 2 is 2.13 bits per heavy atom. The molecule has 0 aliphatic carbocycles. The molecule has 1 fully saturated rings. The van der Waals surface area contributed by atoms with Gasteiger partial charge in [0.15, 0.2) is 0 Å². The van der Waals surface area contributed by atoms with Crippen LogP contribution in [0, 0.1) is 5.82 Å². The van der Waals surface area contributed by atoms with E-state index in [2.05, 4.69) is 0 Å². The summed E-state index contributed by atoms with van der Waals surface area (Å²) >= 11 is 5.85. The summed E-state index contributed by atoms with van der Waals surface area (Å²) in [6.07, 6.45) is -0.365. The lowest BCUT2D eigenvalue weighted by atomic mass is 10.1. The Balaban J connectivity index is 1.77. The van der Waals surface area contributed by atoms with E-state index in [0.717, 1.165) is 0 Å². The highest BCUT2D eigenvalue weighted by Crippen LogP contribution is 2.27. The number of aromatic hydroxyl groups is 1. The number of phenols is 1. The van der Waals surface area contributed by atoms with Crippen molar-refractivity contribution in [1.82, 2.24) is 4.90 Å². The van der Waals surface area contributed by atoms with Gasteiger partial charge in [-0.1, -0.05) is 23.7 Å². The van der Waals surface area contributed by atoms with E-state index in [-0.39, 0.29) is 28.6 Å². The van der Waals surface area contributed by atoms with Gasteiger partial charge >= 0.3 is 0 Å². The summed E-state index contributed by atoms with van der Waals surface area (Å²) in [5.41, 5.74) is 1.10. The summed E-state index contributed by atoms with van der Waals surface area (Å²) < 4.78 is 19.0. The van der Waals surface area contributed by atoms with Crippen LogP contribution in [0.3, 0.4) is 0 Å². The molecule has 1 saturated heterocycles. The van der Waals surface area contributed by atoms with E-state index in [0.29, 0.717) is 30.8 Å². The average molecular weight is 336 g/mol. The Kier molecular flexibility index (Phi) is 4.50. The van der Waals surface area contributed by atoms with Crippen molar-refractivity contribution in [3.63, 3.8) is 0 Å². The molecular weight excluding hydrogens is 321 g/mol. The van der Waals surface area contributed by atoms with Gasteiger partial charge in [0, 0.05) is 12.1 Å². The molecule has 1 aliphatic heterocycles. The van der Waals surface area contributed by atoms with Gasteiger partial charge < -0.3 is 14.7 Å². The maximum Gasteiger partial charge on any atom is 0.254 e. The predicted octanol–water partition coefficient (Wildman–Crippen LogP) is 3.40. The largest absolute Gasteiger partial charge is 0.506 e. The molecule has 1 N–H and O–H groups in total. The SMILES string of the molecule is O=C(c1ccc(O)c(Cl)c1)N1CCO[C@@H](c2cccc(F)c2)C1. The Morgan fingerprint density at radius 3 is 2.87 bits per heavy atom. The van der Waals surface area contributed by atoms with Gasteiger partial charge in [-0.25, -0.2) is 4.39 Å². The second kappa shape index (κ2) is 6.56. The first kappa shape index (κ1) is 15.8. The van der Waals surface area contributed by atoms with Gasteiger partial charge in [-0.05, 0) is 35.9 Å². The fourth-order valence-corrected chi connectivity index (χ4v) is 2.75. The predicted molar refractivity (Wildman–Crippen MR) is 84.1 cm³/mol. The maximum absolute atomic E-state index is 13.4. The van der Waals surface area contributed by atoms with Crippen molar-refractivity contribution in [3.05, 3.63) is 64.4 Å². The molecular formula is C17H15ClFNO3. The van der Waals surface area contributed by atoms with E-state index in [9.17, 15) is 14.3 Å². The summed E-state index contributed by atoms with van der Waals surface area (Å²) in [5.74, 6) is -0.598. The molecule has 4 nitrogen and oxygen atoms in total. The number of phenolic OH excluding ortho intramolecular Hbond substituents is 1. The number of carbonyl (C=O) groups is 1. The van der Waals surface area contributed by atoms with Crippen molar-refractivity contribution >= 4 is 17.5 Å². The number of amides is 1. The minimum atomic E-state index is -0.365. The molecule has 2 aromatic rings. The van der Waals surface area contributed by atoms with Gasteiger partial charge in [-0.2, -0.15) is 0 Å². The zero-order chi connectivity index (χ0) is 16.4. The second-order valence-corrected chi connectivity index (χ2v) is 5.74. The lowest BCUT2D eigenvalue weighted by Gasteiger charge is -2.33. The normalized spacial score (nSPS) is 18.0. The zero-order valence-electron chi connectivity index (χ0n) is 12.2. The van der Waals surface area contributed by atoms with Crippen LogP contribution in [-0.2, 0) is 4.74 Å². The van der Waals surface area contributed by atoms with E-state index < -0.39 is 0 Å². The van der Waals surface area contributed by atoms with E-state index in [1.807, 2.05) is 0 Å². The van der Waals surface area contributed by atoms with Crippen molar-refractivity contribution in [2.24, 2.45) is 0 Å². The number of halogens is 2. The summed E-state index contributed by atoms with van der Waals surface area (Å²) in [6.45, 7) is 1.16. The highest BCUT2D eigenvalue weighted by Gasteiger charge is 2.26. The number of carbonyl (C=O) groups excluding carboxylic acids is 1. The van der Waals surface area contributed by atoms with Crippen molar-refractivity contribution in [2.45, 2.75) is 6.10 Å². The first-order valence-electron chi connectivity index (χ1n) is 7.19. The zero-order valence-corrected chi connectivity index (χ0v) is 13.0. The van der Waals surface area contributed by atoms with E-state index >= 15 is 0 Å². The summed E-state index contributed by atoms with van der Waals surface area (Å²) in [5, 5.41) is 9.57. The molecule has 0 bridgehead atoms. The van der Waals surface area contributed by atoms with Gasteiger partial charge in [0.2, 0.25) is 0 Å². The van der Waals surface area contributed by atoms with Crippen LogP contribution in [-0.4, -0.2) is 35.6 Å². The molecule has 1 atom stereocenters. The molecule has 2 aromatic carbocycles. The Hall–Kier alpha value is -2.11. The average Bonchev–Trinajstić information content (AvgIpc) is 2.57. The van der Waals surface area contributed by atoms with E-state index in [4.69, 9.17) is 16.3 Å². The third-order valence-corrected chi connectivity index (χ3v) is 4.07. The summed E-state index contributed by atoms with van der Waals surface area (Å²) in [7, 11) is 0. The molecule has 0 saturated carbocycles. The van der Waals surface area contributed by atoms with Crippen molar-refractivity contribution < 1.29 is 19.0 Å². The fourth-order valence-electron chi connectivity index (χ4n) is 2.56. The fraction of sp³-hybridized carbons (Fsp3) is 0.235. The number of benzene rings is 2. The molecule has 1 amide bonds. The molecule has 6 heteroatoms. The quantitative estimate of drug-likeness (QED) is 0.915. The van der Waals surface area contributed by atoms with Gasteiger partial charge in [0.25, 0.3) is 5.91 Å². The molecule has 1 heterocycles. The molecule has 1 aliphatic rings. The molecule has 0 aromatic heterocycles. The number of morpholine rings is 1. The molecule has 0 spiro atoms. The Morgan fingerprint density at radius 1 is 1.30 bits per heavy atom. The van der Waals surface area contributed by atoms with Gasteiger partial charge in [-0.15, -0.1) is 0 Å². The number of rotatable bonds is 2. The maximum atomic E-state index is 13.4. The van der Waals surface area contributed by atoms with Gasteiger partial charge in [0.05, 0.1) is 18.2 Å². The van der Waals surface area contributed by atoms with Crippen molar-refractivity contribution in [2.75, 3.05) is 19.7 Å². The Labute approximate surface area is 138 Å². The molecule has 0 radical (unpaired) electrons. The summed E-state index contributed by atoms with van der Waals surface area (Å²) in [6, 6.07) is 10.5. The van der Waals surface area contributed by atoms with Crippen LogP contribution < -0.4 is 0 Å². The van der Waals surface area contributed by atoms with E-state index in [1.54, 1.807) is 17.0 Å². The second-order valence-electron chi connectivity index (χ2n) is 5.33. The first-order valence-corrected chi connectivity index (χ1v) is 7.57. The molecule has 0 unspecified atom stereocenters. The summed E-state index contributed by atoms with van der Waals surface area (Å²) in [4.78, 5) is 14.2. The van der Waals surface area contributed by atoms with Crippen LogP contribution >= 0.6 is 11.6 Å². The van der Waals surface area contributed by atoms with Crippen LogP contribution in [0.15, 0.2) is 42.5 Å². The minimum Gasteiger partial charge on any atom is -0.506 e. The Bertz CT molecular complexity index is 738. The van der Waals surface area contributed by atoms with Crippen molar-refractivity contribution in [1.29, 1.82) is 0 Å². The highest BCUT2D eigenvalue weighted by molar-refractivity contribution is 6.32. The number of hydrogen-bond acceptors (Lipinski definition) is 3. The first-order chi connectivity index (χ1) is 11.0. The molecule has 3 rings (SSSR count). The molecule has 120 valence electrons. The lowest BCUT2D eigenvalue weighted by molar-refractivity contribution is -0.0229. The van der Waals surface area contributed by atoms with Crippen LogP contribution in [0.4, 0.5) is 4.39 Å². The standard InChI is InChI=1S/C17H15ClFNO3/c18-14-9-12(4-5-15(14)21)17(22)20-6-7-23-16(10-20)11-2-1-3-13(19)8-11/h1-5,8-9,16,21H,6-7,10H2/t16-/m1/s1. The molecule has 23 heavy (non-hydrogen) atoms. The van der Waals surface area contributed by atoms with Crippen LogP contribution in [0.5, 0.6) is 5.75 Å². The highest BCUT2D eigenvalue weighted by atomic mass is 35.5. The number of nitrogens with zero attached hydrogens (tertiary/aromatic N) is 1. The van der Waals surface area contributed by atoms with Crippen LogP contribution in [0.2, 0.25) is 5.02 Å². The van der Waals surface area contributed by atoms with Crippen LogP contribution in [0.25, 0.3) is 0 Å². The van der Waals surface area contributed by atoms with Gasteiger partial charge in [-0.3, -0.25) is 4.79 Å². The van der Waals surface area contributed by atoms with E-state index in [1.165, 1.54) is 30.3 Å². The third kappa shape index (κ3) is 3.46. The van der Waals surface area contributed by atoms with Crippen molar-refractivity contribution in [3.8, 4) is 5.75 Å². The topological polar surface area (TPSA) is 49.8 Å². The lowest BCUT2D eigenvalue weighted by Crippen LogP contribution is -2.42. The minimum absolute atomic E-state index is 0.0668. The van der Waals surface area contributed by atoms with Gasteiger partial charge in [0.1, 0.15) is 17.7 Å².